The molecule has 0 aliphatic heterocycles. The van der Waals surface area contributed by atoms with Crippen molar-refractivity contribution in [2.24, 2.45) is 0 Å². The maximum atomic E-state index is 11.0. The third-order valence-electron chi connectivity index (χ3n) is 2.26. The van der Waals surface area contributed by atoms with Crippen molar-refractivity contribution in [3.05, 3.63) is 0 Å². The van der Waals surface area contributed by atoms with Gasteiger partial charge in [-0.2, -0.15) is 0 Å². The molecule has 0 saturated heterocycles. The van der Waals surface area contributed by atoms with Crippen LogP contribution in [0.25, 0.3) is 0 Å². The molecule has 12 heavy (non-hydrogen) atoms. The summed E-state index contributed by atoms with van der Waals surface area (Å²) in [6, 6.07) is -0.143. The average Bonchev–Trinajstić information content (AvgIpc) is 1.96. The van der Waals surface area contributed by atoms with Crippen molar-refractivity contribution in [2.45, 2.75) is 24.9 Å². The van der Waals surface area contributed by atoms with E-state index in [9.17, 15) is 9.90 Å². The van der Waals surface area contributed by atoms with Gasteiger partial charge in [-0.05, 0) is 19.3 Å². The van der Waals surface area contributed by atoms with Crippen LogP contribution in [0.1, 0.15) is 19.3 Å². The van der Waals surface area contributed by atoms with E-state index in [-0.39, 0.29) is 6.03 Å². The average molecular weight is 172 g/mol. The summed E-state index contributed by atoms with van der Waals surface area (Å²) < 4.78 is 0. The molecule has 2 N–H and O–H groups in total. The minimum absolute atomic E-state index is 0.143. The molecule has 4 heteroatoms. The third kappa shape index (κ3) is 2.11. The van der Waals surface area contributed by atoms with Gasteiger partial charge in [-0.1, -0.05) is 0 Å². The van der Waals surface area contributed by atoms with Gasteiger partial charge in [0.1, 0.15) is 0 Å². The van der Waals surface area contributed by atoms with Gasteiger partial charge in [-0.3, -0.25) is 0 Å². The van der Waals surface area contributed by atoms with Crippen molar-refractivity contribution < 1.29 is 9.90 Å². The Bertz CT molecular complexity index is 176. The largest absolute Gasteiger partial charge is 0.388 e. The Balaban J connectivity index is 2.21. The molecule has 0 atom stereocenters. The van der Waals surface area contributed by atoms with Gasteiger partial charge in [-0.25, -0.2) is 4.79 Å². The molecule has 0 aromatic heterocycles. The summed E-state index contributed by atoms with van der Waals surface area (Å²) in [5.74, 6) is 0. The summed E-state index contributed by atoms with van der Waals surface area (Å²) in [7, 11) is 3.36. The number of carbonyl (C=O) groups is 1. The van der Waals surface area contributed by atoms with E-state index in [0.29, 0.717) is 6.54 Å². The summed E-state index contributed by atoms with van der Waals surface area (Å²) >= 11 is 0. The van der Waals surface area contributed by atoms with E-state index in [2.05, 4.69) is 5.32 Å². The second-order valence-corrected chi connectivity index (χ2v) is 3.63. The predicted molar refractivity (Wildman–Crippen MR) is 45.9 cm³/mol. The third-order valence-corrected chi connectivity index (χ3v) is 2.26. The van der Waals surface area contributed by atoms with Crippen molar-refractivity contribution in [3.8, 4) is 0 Å². The number of carbonyl (C=O) groups excluding carboxylic acids is 1. The molecule has 70 valence electrons. The SMILES string of the molecule is CN(C)C(=O)NCC1(O)CCC1. The van der Waals surface area contributed by atoms with Gasteiger partial charge in [0.2, 0.25) is 0 Å². The van der Waals surface area contributed by atoms with E-state index in [4.69, 9.17) is 0 Å². The first-order chi connectivity index (χ1) is 5.53. The van der Waals surface area contributed by atoms with Crippen LogP contribution in [0.2, 0.25) is 0 Å². The summed E-state index contributed by atoms with van der Waals surface area (Å²) in [4.78, 5) is 12.5. The van der Waals surface area contributed by atoms with E-state index < -0.39 is 5.60 Å². The monoisotopic (exact) mass is 172 g/mol. The van der Waals surface area contributed by atoms with Crippen LogP contribution in [0, 0.1) is 0 Å². The van der Waals surface area contributed by atoms with Crippen LogP contribution in [-0.4, -0.2) is 42.3 Å². The summed E-state index contributed by atoms with van der Waals surface area (Å²) in [6.45, 7) is 0.379. The highest BCUT2D eigenvalue weighted by molar-refractivity contribution is 5.73. The Morgan fingerprint density at radius 3 is 2.50 bits per heavy atom. The fourth-order valence-corrected chi connectivity index (χ4v) is 1.16. The van der Waals surface area contributed by atoms with Gasteiger partial charge in [-0.15, -0.1) is 0 Å². The number of rotatable bonds is 2. The molecule has 0 heterocycles. The fraction of sp³-hybridized carbons (Fsp3) is 0.875. The number of nitrogens with one attached hydrogen (secondary N) is 1. The van der Waals surface area contributed by atoms with Crippen molar-refractivity contribution >= 4 is 6.03 Å². The predicted octanol–water partition coefficient (Wildman–Crippen LogP) is 0.173. The normalized spacial score (nSPS) is 19.6. The molecule has 0 spiro atoms. The lowest BCUT2D eigenvalue weighted by atomic mass is 9.80. The van der Waals surface area contributed by atoms with Crippen LogP contribution in [0.5, 0.6) is 0 Å². The van der Waals surface area contributed by atoms with Gasteiger partial charge in [0.15, 0.2) is 0 Å². The lowest BCUT2D eigenvalue weighted by Gasteiger charge is -2.36. The van der Waals surface area contributed by atoms with Crippen LogP contribution in [0.3, 0.4) is 0 Å². The molecular formula is C8H16N2O2. The fourth-order valence-electron chi connectivity index (χ4n) is 1.16. The molecule has 0 aromatic carbocycles. The molecule has 1 aliphatic rings. The van der Waals surface area contributed by atoms with Gasteiger partial charge >= 0.3 is 6.03 Å². The summed E-state index contributed by atoms with van der Waals surface area (Å²) in [5.41, 5.74) is -0.619. The van der Waals surface area contributed by atoms with Crippen molar-refractivity contribution in [2.75, 3.05) is 20.6 Å². The van der Waals surface area contributed by atoms with E-state index in [0.717, 1.165) is 19.3 Å². The first-order valence-corrected chi connectivity index (χ1v) is 4.21. The van der Waals surface area contributed by atoms with Crippen LogP contribution < -0.4 is 5.32 Å². The zero-order valence-electron chi connectivity index (χ0n) is 7.63. The number of nitrogens with zero attached hydrogens (tertiary/aromatic N) is 1. The van der Waals surface area contributed by atoms with E-state index in [1.165, 1.54) is 4.90 Å². The summed E-state index contributed by atoms with van der Waals surface area (Å²) in [5, 5.41) is 12.3. The Kier molecular flexibility index (Phi) is 2.57. The first-order valence-electron chi connectivity index (χ1n) is 4.21. The second kappa shape index (κ2) is 3.31. The topological polar surface area (TPSA) is 52.6 Å². The zero-order valence-corrected chi connectivity index (χ0v) is 7.63. The van der Waals surface area contributed by atoms with E-state index >= 15 is 0 Å². The van der Waals surface area contributed by atoms with Crippen LogP contribution in [0.4, 0.5) is 4.79 Å². The second-order valence-electron chi connectivity index (χ2n) is 3.63. The Hall–Kier alpha value is -0.770. The van der Waals surface area contributed by atoms with Gasteiger partial charge in [0.25, 0.3) is 0 Å². The highest BCUT2D eigenvalue weighted by Crippen LogP contribution is 2.30. The number of aliphatic hydroxyl groups is 1. The lowest BCUT2D eigenvalue weighted by Crippen LogP contribution is -2.49. The molecule has 1 fully saturated rings. The molecule has 0 aromatic rings. The highest BCUT2D eigenvalue weighted by Gasteiger charge is 2.34. The smallest absolute Gasteiger partial charge is 0.316 e. The zero-order chi connectivity index (χ0) is 9.19. The number of hydrogen-bond acceptors (Lipinski definition) is 2. The molecule has 1 rings (SSSR count). The van der Waals surface area contributed by atoms with Crippen molar-refractivity contribution in [1.29, 1.82) is 0 Å². The maximum absolute atomic E-state index is 11.0. The van der Waals surface area contributed by atoms with Crippen molar-refractivity contribution in [3.63, 3.8) is 0 Å². The van der Waals surface area contributed by atoms with Crippen molar-refractivity contribution in [1.82, 2.24) is 10.2 Å². The van der Waals surface area contributed by atoms with Gasteiger partial charge in [0, 0.05) is 20.6 Å². The maximum Gasteiger partial charge on any atom is 0.316 e. The molecule has 0 bridgehead atoms. The highest BCUT2D eigenvalue weighted by atomic mass is 16.3. The van der Waals surface area contributed by atoms with Crippen LogP contribution in [-0.2, 0) is 0 Å². The van der Waals surface area contributed by atoms with Crippen LogP contribution >= 0.6 is 0 Å². The first kappa shape index (κ1) is 9.32. The molecule has 0 radical (unpaired) electrons. The van der Waals surface area contributed by atoms with E-state index in [1.54, 1.807) is 14.1 Å². The Labute approximate surface area is 72.6 Å². The number of urea groups is 1. The quantitative estimate of drug-likeness (QED) is 0.624. The minimum atomic E-state index is -0.619. The Morgan fingerprint density at radius 1 is 1.58 bits per heavy atom. The molecule has 1 aliphatic carbocycles. The summed E-state index contributed by atoms with van der Waals surface area (Å²) in [6.07, 6.45) is 2.68. The standard InChI is InChI=1S/C8H16N2O2/c1-10(2)7(11)9-6-8(12)4-3-5-8/h12H,3-6H2,1-2H3,(H,9,11). The lowest BCUT2D eigenvalue weighted by molar-refractivity contribution is -0.0294. The molecular weight excluding hydrogens is 156 g/mol. The number of hydrogen-bond donors (Lipinski definition) is 2. The Morgan fingerprint density at radius 2 is 2.17 bits per heavy atom. The minimum Gasteiger partial charge on any atom is -0.388 e. The molecule has 2 amide bonds. The number of amides is 2. The molecule has 4 nitrogen and oxygen atoms in total. The molecule has 1 saturated carbocycles. The van der Waals surface area contributed by atoms with Gasteiger partial charge < -0.3 is 15.3 Å². The van der Waals surface area contributed by atoms with Crippen LogP contribution in [0.15, 0.2) is 0 Å². The molecule has 0 unspecified atom stereocenters. The van der Waals surface area contributed by atoms with Gasteiger partial charge in [0.05, 0.1) is 5.60 Å². The van der Waals surface area contributed by atoms with E-state index in [1.807, 2.05) is 0 Å².